The molecule has 0 unspecified atom stereocenters. The van der Waals surface area contributed by atoms with E-state index >= 15 is 0 Å². The van der Waals surface area contributed by atoms with Gasteiger partial charge in [0.2, 0.25) is 0 Å². The Bertz CT molecular complexity index is 619. The summed E-state index contributed by atoms with van der Waals surface area (Å²) in [6.45, 7) is 5.39. The quantitative estimate of drug-likeness (QED) is 0.921. The lowest BCUT2D eigenvalue weighted by Crippen LogP contribution is -2.26. The molecule has 1 N–H and O–H groups in total. The molecule has 0 saturated carbocycles. The Kier molecular flexibility index (Phi) is 4.67. The molecule has 2 aromatic heterocycles. The second kappa shape index (κ2) is 6.28. The van der Waals surface area contributed by atoms with E-state index in [1.165, 1.54) is 6.20 Å². The fourth-order valence-electron chi connectivity index (χ4n) is 1.79. The first-order valence-electron chi connectivity index (χ1n) is 6.28. The zero-order valence-electron chi connectivity index (χ0n) is 11.2. The molecule has 0 aliphatic carbocycles. The van der Waals surface area contributed by atoms with Crippen molar-refractivity contribution in [2.24, 2.45) is 0 Å². The van der Waals surface area contributed by atoms with Gasteiger partial charge in [-0.05, 0) is 13.8 Å². The number of aryl methyl sites for hydroxylation is 2. The minimum Gasteiger partial charge on any atom is -0.345 e. The number of hydrogen-bond acceptors (Lipinski definition) is 3. The van der Waals surface area contributed by atoms with Crippen LogP contribution in [0.4, 0.5) is 0 Å². The summed E-state index contributed by atoms with van der Waals surface area (Å²) in [5.74, 6) is -0.295. The van der Waals surface area contributed by atoms with E-state index in [1.807, 2.05) is 13.8 Å². The predicted octanol–water partition coefficient (Wildman–Crippen LogP) is 2.36. The third kappa shape index (κ3) is 2.96. The average Bonchev–Trinajstić information content (AvgIpc) is 2.99. The second-order valence-corrected chi connectivity index (χ2v) is 4.93. The van der Waals surface area contributed by atoms with Crippen molar-refractivity contribution in [1.82, 2.24) is 24.9 Å². The maximum absolute atomic E-state index is 12.1. The predicted molar refractivity (Wildman–Crippen MR) is 77.0 cm³/mol. The normalized spacial score (nSPS) is 10.8. The number of hydrogen-bond donors (Lipinski definition) is 1. The zero-order valence-corrected chi connectivity index (χ0v) is 12.7. The van der Waals surface area contributed by atoms with E-state index in [2.05, 4.69) is 15.5 Å². The third-order valence-corrected chi connectivity index (χ3v) is 3.43. The molecule has 0 aliphatic heterocycles. The Morgan fingerprint density at radius 1 is 1.30 bits per heavy atom. The molecule has 108 valence electrons. The molecule has 20 heavy (non-hydrogen) atoms. The molecule has 0 radical (unpaired) electrons. The van der Waals surface area contributed by atoms with Crippen molar-refractivity contribution in [3.05, 3.63) is 33.8 Å². The van der Waals surface area contributed by atoms with Gasteiger partial charge in [-0.25, -0.2) is 0 Å². The first-order valence-corrected chi connectivity index (χ1v) is 7.03. The lowest BCUT2D eigenvalue weighted by atomic mass is 10.3. The van der Waals surface area contributed by atoms with Gasteiger partial charge >= 0.3 is 0 Å². The van der Waals surface area contributed by atoms with Crippen LogP contribution in [0.25, 0.3) is 0 Å². The van der Waals surface area contributed by atoms with Crippen molar-refractivity contribution in [2.45, 2.75) is 33.5 Å². The summed E-state index contributed by atoms with van der Waals surface area (Å²) in [6.07, 6.45) is 3.19. The van der Waals surface area contributed by atoms with Crippen LogP contribution in [0.3, 0.4) is 0 Å². The number of amides is 1. The van der Waals surface area contributed by atoms with E-state index in [0.29, 0.717) is 28.0 Å². The molecule has 0 spiro atoms. The van der Waals surface area contributed by atoms with Gasteiger partial charge in [0, 0.05) is 19.3 Å². The van der Waals surface area contributed by atoms with E-state index in [0.717, 1.165) is 6.54 Å². The molecule has 0 saturated heterocycles. The first-order chi connectivity index (χ1) is 9.56. The molecule has 2 heterocycles. The molecule has 0 fully saturated rings. The third-order valence-electron chi connectivity index (χ3n) is 2.84. The number of carbonyl (C=O) groups excluding carboxylic acids is 1. The monoisotopic (exact) mass is 315 g/mol. The molecule has 0 aliphatic rings. The molecule has 1 amide bonds. The van der Waals surface area contributed by atoms with Crippen LogP contribution in [0.5, 0.6) is 0 Å². The van der Waals surface area contributed by atoms with Gasteiger partial charge in [-0.3, -0.25) is 14.2 Å². The van der Waals surface area contributed by atoms with Crippen molar-refractivity contribution in [3.63, 3.8) is 0 Å². The van der Waals surface area contributed by atoms with Crippen LogP contribution >= 0.6 is 23.2 Å². The van der Waals surface area contributed by atoms with Gasteiger partial charge in [0.05, 0.1) is 22.8 Å². The summed E-state index contributed by atoms with van der Waals surface area (Å²) in [5, 5.41) is 11.9. The molecule has 6 nitrogen and oxygen atoms in total. The van der Waals surface area contributed by atoms with Crippen molar-refractivity contribution in [2.75, 3.05) is 0 Å². The SMILES string of the molecule is CCn1cc(Cl)c(CNC(=O)c2c(Cl)cnn2CC)n1. The molecular weight excluding hydrogens is 301 g/mol. The summed E-state index contributed by atoms with van der Waals surface area (Å²) in [6, 6.07) is 0. The first kappa shape index (κ1) is 14.9. The minimum atomic E-state index is -0.295. The second-order valence-electron chi connectivity index (χ2n) is 4.12. The van der Waals surface area contributed by atoms with E-state index in [4.69, 9.17) is 23.2 Å². The molecule has 8 heteroatoms. The fourth-order valence-corrected chi connectivity index (χ4v) is 2.24. The molecule has 0 bridgehead atoms. The summed E-state index contributed by atoms with van der Waals surface area (Å²) in [4.78, 5) is 12.1. The summed E-state index contributed by atoms with van der Waals surface area (Å²) < 4.78 is 3.26. The van der Waals surface area contributed by atoms with Gasteiger partial charge in [0.25, 0.3) is 5.91 Å². The number of carbonyl (C=O) groups is 1. The summed E-state index contributed by atoms with van der Waals surface area (Å²) >= 11 is 12.0. The highest BCUT2D eigenvalue weighted by atomic mass is 35.5. The Morgan fingerprint density at radius 3 is 2.65 bits per heavy atom. The Balaban J connectivity index is 2.08. The molecule has 0 atom stereocenters. The van der Waals surface area contributed by atoms with E-state index in [9.17, 15) is 4.79 Å². The van der Waals surface area contributed by atoms with Crippen LogP contribution in [-0.4, -0.2) is 25.5 Å². The van der Waals surface area contributed by atoms with Crippen LogP contribution in [0.15, 0.2) is 12.4 Å². The fraction of sp³-hybridized carbons (Fsp3) is 0.417. The van der Waals surface area contributed by atoms with Crippen LogP contribution in [0.1, 0.15) is 30.0 Å². The zero-order chi connectivity index (χ0) is 14.7. The largest absolute Gasteiger partial charge is 0.345 e. The molecule has 2 aromatic rings. The highest BCUT2D eigenvalue weighted by molar-refractivity contribution is 6.33. The van der Waals surface area contributed by atoms with Gasteiger partial charge in [-0.2, -0.15) is 10.2 Å². The van der Waals surface area contributed by atoms with E-state index < -0.39 is 0 Å². The Hall–Kier alpha value is -1.53. The van der Waals surface area contributed by atoms with Crippen molar-refractivity contribution in [1.29, 1.82) is 0 Å². The number of nitrogens with one attached hydrogen (secondary N) is 1. The summed E-state index contributed by atoms with van der Waals surface area (Å²) in [7, 11) is 0. The van der Waals surface area contributed by atoms with Gasteiger partial charge in [0.1, 0.15) is 11.4 Å². The average molecular weight is 316 g/mol. The van der Waals surface area contributed by atoms with Gasteiger partial charge < -0.3 is 5.32 Å². The highest BCUT2D eigenvalue weighted by Crippen LogP contribution is 2.16. The molecule has 0 aromatic carbocycles. The van der Waals surface area contributed by atoms with Crippen LogP contribution in [-0.2, 0) is 19.6 Å². The van der Waals surface area contributed by atoms with Crippen molar-refractivity contribution in [3.8, 4) is 0 Å². The smallest absolute Gasteiger partial charge is 0.271 e. The van der Waals surface area contributed by atoms with Gasteiger partial charge in [-0.1, -0.05) is 23.2 Å². The van der Waals surface area contributed by atoms with E-state index in [1.54, 1.807) is 15.6 Å². The van der Waals surface area contributed by atoms with E-state index in [-0.39, 0.29) is 12.5 Å². The summed E-state index contributed by atoms with van der Waals surface area (Å²) in [5.41, 5.74) is 0.973. The number of aromatic nitrogens is 4. The maximum Gasteiger partial charge on any atom is 0.271 e. The topological polar surface area (TPSA) is 64.7 Å². The maximum atomic E-state index is 12.1. The van der Waals surface area contributed by atoms with Crippen molar-refractivity contribution >= 4 is 29.1 Å². The van der Waals surface area contributed by atoms with Crippen LogP contribution in [0.2, 0.25) is 10.0 Å². The number of nitrogens with zero attached hydrogens (tertiary/aromatic N) is 4. The minimum absolute atomic E-state index is 0.246. The van der Waals surface area contributed by atoms with Gasteiger partial charge in [0.15, 0.2) is 0 Å². The standard InChI is InChI=1S/C12H15Cl2N5O/c1-3-18-7-9(14)10(17-18)6-15-12(20)11-8(13)5-16-19(11)4-2/h5,7H,3-4,6H2,1-2H3,(H,15,20). The lowest BCUT2D eigenvalue weighted by Gasteiger charge is -2.06. The van der Waals surface area contributed by atoms with Crippen molar-refractivity contribution < 1.29 is 4.79 Å². The Labute approximate surface area is 126 Å². The highest BCUT2D eigenvalue weighted by Gasteiger charge is 2.17. The Morgan fingerprint density at radius 2 is 2.05 bits per heavy atom. The van der Waals surface area contributed by atoms with Gasteiger partial charge in [-0.15, -0.1) is 0 Å². The lowest BCUT2D eigenvalue weighted by molar-refractivity contribution is 0.0940. The number of rotatable bonds is 5. The molecule has 2 rings (SSSR count). The van der Waals surface area contributed by atoms with Crippen LogP contribution in [0, 0.1) is 0 Å². The van der Waals surface area contributed by atoms with Crippen LogP contribution < -0.4 is 5.32 Å². The number of halogens is 2. The molecular formula is C12H15Cl2N5O.